The Bertz CT molecular complexity index is 166. The summed E-state index contributed by atoms with van der Waals surface area (Å²) in [7, 11) is 0. The van der Waals surface area contributed by atoms with Crippen molar-refractivity contribution in [2.45, 2.75) is 73.1 Å². The van der Waals surface area contributed by atoms with Gasteiger partial charge in [-0.2, -0.15) is 0 Å². The van der Waals surface area contributed by atoms with E-state index in [0.29, 0.717) is 0 Å². The molecule has 0 aromatic rings. The van der Waals surface area contributed by atoms with E-state index in [0.717, 1.165) is 29.6 Å². The molecule has 1 aliphatic rings. The Morgan fingerprint density at radius 1 is 0.688 bits per heavy atom. The Morgan fingerprint density at radius 2 is 1.12 bits per heavy atom. The summed E-state index contributed by atoms with van der Waals surface area (Å²) in [6.07, 6.45) is 8.77. The summed E-state index contributed by atoms with van der Waals surface area (Å²) in [4.78, 5) is 0. The van der Waals surface area contributed by atoms with Gasteiger partial charge < -0.3 is 0 Å². The normalized spacial score (nSPS) is 38.6. The smallest absolute Gasteiger partial charge is 0.0391 e. The Hall–Kier alpha value is 0. The van der Waals surface area contributed by atoms with E-state index in [9.17, 15) is 0 Å². The first-order chi connectivity index (χ1) is 7.49. The predicted molar refractivity (Wildman–Crippen MR) is 73.5 cm³/mol. The van der Waals surface area contributed by atoms with Crippen LogP contribution in [0.1, 0.15) is 73.1 Å². The van der Waals surface area contributed by atoms with Crippen molar-refractivity contribution in [2.24, 2.45) is 29.6 Å². The molecule has 0 spiro atoms. The first-order valence-corrected chi connectivity index (χ1v) is 7.49. The molecule has 0 aliphatic heterocycles. The van der Waals surface area contributed by atoms with Crippen molar-refractivity contribution in [2.75, 3.05) is 0 Å². The minimum atomic E-state index is 0.885. The summed E-state index contributed by atoms with van der Waals surface area (Å²) in [5.41, 5.74) is 0. The molecule has 0 radical (unpaired) electrons. The number of rotatable bonds is 1. The van der Waals surface area contributed by atoms with Crippen molar-refractivity contribution >= 4 is 0 Å². The summed E-state index contributed by atoms with van der Waals surface area (Å²) in [6, 6.07) is 0. The molecule has 0 bridgehead atoms. The maximum atomic E-state index is 2.46. The molecule has 1 aliphatic carbocycles. The van der Waals surface area contributed by atoms with E-state index in [4.69, 9.17) is 0 Å². The monoisotopic (exact) mass is 224 g/mol. The van der Waals surface area contributed by atoms with Crippen LogP contribution >= 0.6 is 0 Å². The second kappa shape index (κ2) is 6.67. The molecule has 1 fully saturated rings. The van der Waals surface area contributed by atoms with Crippen LogP contribution in [0.15, 0.2) is 0 Å². The quantitative estimate of drug-likeness (QED) is 0.550. The summed E-state index contributed by atoms with van der Waals surface area (Å²) < 4.78 is 0. The molecular formula is C16H32. The SMILES string of the molecule is CC1CCC(C(C)C)CCC(C)CC(C)C1. The van der Waals surface area contributed by atoms with Crippen molar-refractivity contribution in [1.82, 2.24) is 0 Å². The van der Waals surface area contributed by atoms with Gasteiger partial charge in [-0.3, -0.25) is 0 Å². The lowest BCUT2D eigenvalue weighted by molar-refractivity contribution is 0.234. The summed E-state index contributed by atoms with van der Waals surface area (Å²) in [5.74, 6) is 4.71. The molecule has 2 unspecified atom stereocenters. The lowest BCUT2D eigenvalue weighted by Gasteiger charge is -2.28. The van der Waals surface area contributed by atoms with Crippen LogP contribution in [0, 0.1) is 29.6 Å². The third kappa shape index (κ3) is 4.89. The van der Waals surface area contributed by atoms with E-state index in [2.05, 4.69) is 34.6 Å². The third-order valence-electron chi connectivity index (χ3n) is 4.61. The Labute approximate surface area is 103 Å². The van der Waals surface area contributed by atoms with Crippen LogP contribution in [-0.2, 0) is 0 Å². The van der Waals surface area contributed by atoms with Crippen molar-refractivity contribution in [3.63, 3.8) is 0 Å². The highest BCUT2D eigenvalue weighted by Gasteiger charge is 2.20. The Kier molecular flexibility index (Phi) is 5.86. The van der Waals surface area contributed by atoms with Crippen LogP contribution in [0.5, 0.6) is 0 Å². The molecular weight excluding hydrogens is 192 g/mol. The number of hydrogen-bond donors (Lipinski definition) is 0. The van der Waals surface area contributed by atoms with Gasteiger partial charge in [0.05, 0.1) is 0 Å². The fraction of sp³-hybridized carbons (Fsp3) is 1.00. The second-order valence-corrected chi connectivity index (χ2v) is 6.95. The predicted octanol–water partition coefficient (Wildman–Crippen LogP) is 5.52. The molecule has 0 nitrogen and oxygen atoms in total. The van der Waals surface area contributed by atoms with Crippen LogP contribution in [0.4, 0.5) is 0 Å². The van der Waals surface area contributed by atoms with Gasteiger partial charge in [0.2, 0.25) is 0 Å². The zero-order valence-electron chi connectivity index (χ0n) is 12.1. The van der Waals surface area contributed by atoms with Gasteiger partial charge in [-0.1, -0.05) is 47.5 Å². The zero-order chi connectivity index (χ0) is 12.1. The molecule has 0 aromatic heterocycles. The van der Waals surface area contributed by atoms with Gasteiger partial charge in [0.1, 0.15) is 0 Å². The highest BCUT2D eigenvalue weighted by molar-refractivity contribution is 4.72. The van der Waals surface area contributed by atoms with Crippen molar-refractivity contribution in [3.8, 4) is 0 Å². The van der Waals surface area contributed by atoms with Gasteiger partial charge in [-0.15, -0.1) is 0 Å². The molecule has 0 amide bonds. The largest absolute Gasteiger partial charge is 0.0625 e. The van der Waals surface area contributed by atoms with Crippen molar-refractivity contribution < 1.29 is 0 Å². The van der Waals surface area contributed by atoms with Gasteiger partial charge in [-0.05, 0) is 55.3 Å². The van der Waals surface area contributed by atoms with Gasteiger partial charge >= 0.3 is 0 Å². The molecule has 1 saturated carbocycles. The molecule has 0 heterocycles. The van der Waals surface area contributed by atoms with Crippen LogP contribution in [-0.4, -0.2) is 0 Å². The standard InChI is InChI=1S/C16H32/c1-12(2)16-8-6-13(3)10-15(5)11-14(4)7-9-16/h12-16H,6-11H2,1-5H3. The molecule has 0 aromatic carbocycles. The van der Waals surface area contributed by atoms with Crippen molar-refractivity contribution in [3.05, 3.63) is 0 Å². The molecule has 1 rings (SSSR count). The van der Waals surface area contributed by atoms with Gasteiger partial charge in [0.15, 0.2) is 0 Å². The van der Waals surface area contributed by atoms with E-state index in [1.165, 1.54) is 38.5 Å². The Balaban J connectivity index is 2.53. The summed E-state index contributed by atoms with van der Waals surface area (Å²) in [6.45, 7) is 12.2. The average Bonchev–Trinajstić information content (AvgIpc) is 2.15. The van der Waals surface area contributed by atoms with Gasteiger partial charge in [0, 0.05) is 0 Å². The first kappa shape index (κ1) is 14.1. The maximum absolute atomic E-state index is 2.46. The van der Waals surface area contributed by atoms with E-state index in [1.54, 1.807) is 0 Å². The minimum absolute atomic E-state index is 0.885. The summed E-state index contributed by atoms with van der Waals surface area (Å²) >= 11 is 0. The van der Waals surface area contributed by atoms with Crippen LogP contribution in [0.25, 0.3) is 0 Å². The highest BCUT2D eigenvalue weighted by atomic mass is 14.3. The maximum Gasteiger partial charge on any atom is -0.0391 e. The fourth-order valence-electron chi connectivity index (χ4n) is 3.51. The van der Waals surface area contributed by atoms with E-state index >= 15 is 0 Å². The van der Waals surface area contributed by atoms with Crippen LogP contribution < -0.4 is 0 Å². The zero-order valence-corrected chi connectivity index (χ0v) is 12.1. The molecule has 0 N–H and O–H groups in total. The molecule has 16 heavy (non-hydrogen) atoms. The topological polar surface area (TPSA) is 0 Å². The van der Waals surface area contributed by atoms with E-state index < -0.39 is 0 Å². The van der Waals surface area contributed by atoms with Crippen LogP contribution in [0.3, 0.4) is 0 Å². The molecule has 0 saturated heterocycles. The average molecular weight is 224 g/mol. The lowest BCUT2D eigenvalue weighted by atomic mass is 9.78. The van der Waals surface area contributed by atoms with Crippen molar-refractivity contribution in [1.29, 1.82) is 0 Å². The molecule has 0 heteroatoms. The molecule has 96 valence electrons. The van der Waals surface area contributed by atoms with E-state index in [1.807, 2.05) is 0 Å². The molecule has 2 atom stereocenters. The van der Waals surface area contributed by atoms with E-state index in [-0.39, 0.29) is 0 Å². The summed E-state index contributed by atoms with van der Waals surface area (Å²) in [5, 5.41) is 0. The van der Waals surface area contributed by atoms with Gasteiger partial charge in [-0.25, -0.2) is 0 Å². The third-order valence-corrected chi connectivity index (χ3v) is 4.61. The fourth-order valence-corrected chi connectivity index (χ4v) is 3.51. The Morgan fingerprint density at radius 3 is 1.50 bits per heavy atom. The van der Waals surface area contributed by atoms with Crippen LogP contribution in [0.2, 0.25) is 0 Å². The number of hydrogen-bond acceptors (Lipinski definition) is 0. The lowest BCUT2D eigenvalue weighted by Crippen LogP contribution is -2.16. The minimum Gasteiger partial charge on any atom is -0.0625 e. The second-order valence-electron chi connectivity index (χ2n) is 6.95. The van der Waals surface area contributed by atoms with Gasteiger partial charge in [0.25, 0.3) is 0 Å². The highest BCUT2D eigenvalue weighted by Crippen LogP contribution is 2.32. The first-order valence-electron chi connectivity index (χ1n) is 7.49.